The molecule has 0 atom stereocenters. The molecule has 0 aliphatic heterocycles. The van der Waals surface area contributed by atoms with Gasteiger partial charge >= 0.3 is 12.1 Å². The van der Waals surface area contributed by atoms with Crippen molar-refractivity contribution in [3.05, 3.63) is 29.8 Å². The number of amides is 5. The highest BCUT2D eigenvalue weighted by Gasteiger charge is 2.18. The van der Waals surface area contributed by atoms with E-state index in [9.17, 15) is 14.4 Å². The molecule has 0 saturated heterocycles. The maximum atomic E-state index is 12.3. The summed E-state index contributed by atoms with van der Waals surface area (Å²) in [5.74, 6) is -0.507. The molecule has 0 heterocycles. The minimum Gasteiger partial charge on any atom is -0.338 e. The standard InChI is InChI=1S/C16H25N5O3/c1-4-10-17-15(23)20-19-14(22)12-8-6-7-9-13(12)21(3)16(24)18-11-5-2/h6-9H,4-5,10-11H2,1-3H3,(H,18,24)(H,19,22)(H2,17,20,23). The number of hydrogen-bond donors (Lipinski definition) is 4. The Kier molecular flexibility index (Phi) is 8.10. The topological polar surface area (TPSA) is 103 Å². The van der Waals surface area contributed by atoms with Crippen LogP contribution >= 0.6 is 0 Å². The summed E-state index contributed by atoms with van der Waals surface area (Å²) in [7, 11) is 1.58. The molecule has 0 saturated carbocycles. The van der Waals surface area contributed by atoms with Crippen molar-refractivity contribution in [3.63, 3.8) is 0 Å². The van der Waals surface area contributed by atoms with E-state index >= 15 is 0 Å². The number of rotatable bonds is 6. The van der Waals surface area contributed by atoms with Crippen LogP contribution in [-0.4, -0.2) is 38.1 Å². The first-order chi connectivity index (χ1) is 11.5. The van der Waals surface area contributed by atoms with Crippen LogP contribution in [0.2, 0.25) is 0 Å². The maximum absolute atomic E-state index is 12.3. The van der Waals surface area contributed by atoms with Crippen molar-refractivity contribution in [2.24, 2.45) is 0 Å². The highest BCUT2D eigenvalue weighted by Crippen LogP contribution is 2.19. The zero-order chi connectivity index (χ0) is 17.9. The monoisotopic (exact) mass is 335 g/mol. The van der Waals surface area contributed by atoms with E-state index in [1.807, 2.05) is 13.8 Å². The first-order valence-corrected chi connectivity index (χ1v) is 7.96. The van der Waals surface area contributed by atoms with Gasteiger partial charge in [0.2, 0.25) is 0 Å². The van der Waals surface area contributed by atoms with Crippen LogP contribution in [0, 0.1) is 0 Å². The van der Waals surface area contributed by atoms with Crippen LogP contribution < -0.4 is 26.4 Å². The third-order valence-electron chi connectivity index (χ3n) is 3.17. The van der Waals surface area contributed by atoms with Gasteiger partial charge in [-0.1, -0.05) is 26.0 Å². The molecule has 24 heavy (non-hydrogen) atoms. The number of benzene rings is 1. The molecule has 0 unspecified atom stereocenters. The molecule has 8 heteroatoms. The highest BCUT2D eigenvalue weighted by molar-refractivity contribution is 6.04. The average Bonchev–Trinajstić information content (AvgIpc) is 2.61. The lowest BCUT2D eigenvalue weighted by Gasteiger charge is -2.20. The van der Waals surface area contributed by atoms with E-state index in [2.05, 4.69) is 21.5 Å². The van der Waals surface area contributed by atoms with Gasteiger partial charge in [0.05, 0.1) is 11.3 Å². The Labute approximate surface area is 141 Å². The number of nitrogens with zero attached hydrogens (tertiary/aromatic N) is 1. The molecular formula is C16H25N5O3. The van der Waals surface area contributed by atoms with Crippen molar-refractivity contribution in [3.8, 4) is 0 Å². The zero-order valence-corrected chi connectivity index (χ0v) is 14.3. The van der Waals surface area contributed by atoms with E-state index in [1.165, 1.54) is 4.90 Å². The van der Waals surface area contributed by atoms with Crippen molar-refractivity contribution < 1.29 is 14.4 Å². The first-order valence-electron chi connectivity index (χ1n) is 7.96. The lowest BCUT2D eigenvalue weighted by molar-refractivity contribution is 0.0937. The number of para-hydroxylation sites is 1. The van der Waals surface area contributed by atoms with Crippen molar-refractivity contribution in [1.82, 2.24) is 21.5 Å². The summed E-state index contributed by atoms with van der Waals surface area (Å²) in [4.78, 5) is 37.2. The molecule has 1 aromatic rings. The van der Waals surface area contributed by atoms with E-state index < -0.39 is 11.9 Å². The van der Waals surface area contributed by atoms with Gasteiger partial charge in [0.25, 0.3) is 5.91 Å². The van der Waals surface area contributed by atoms with Crippen molar-refractivity contribution >= 4 is 23.7 Å². The summed E-state index contributed by atoms with van der Waals surface area (Å²) in [6, 6.07) is 5.88. The van der Waals surface area contributed by atoms with E-state index in [4.69, 9.17) is 0 Å². The largest absolute Gasteiger partial charge is 0.338 e. The second-order valence-electron chi connectivity index (χ2n) is 5.14. The van der Waals surface area contributed by atoms with Gasteiger partial charge in [-0.2, -0.15) is 0 Å². The number of hydrazine groups is 1. The van der Waals surface area contributed by atoms with Gasteiger partial charge in [-0.25, -0.2) is 15.0 Å². The Morgan fingerprint density at radius 3 is 2.25 bits per heavy atom. The van der Waals surface area contributed by atoms with Crippen LogP contribution in [0.25, 0.3) is 0 Å². The Hall–Kier alpha value is -2.77. The number of carbonyl (C=O) groups is 3. The normalized spacial score (nSPS) is 9.79. The van der Waals surface area contributed by atoms with E-state index in [1.54, 1.807) is 31.3 Å². The number of carbonyl (C=O) groups excluding carboxylic acids is 3. The lowest BCUT2D eigenvalue weighted by Crippen LogP contribution is -2.47. The minimum absolute atomic E-state index is 0.280. The smallest absolute Gasteiger partial charge is 0.333 e. The first kappa shape index (κ1) is 19.3. The number of hydrogen-bond acceptors (Lipinski definition) is 3. The van der Waals surface area contributed by atoms with E-state index in [0.29, 0.717) is 18.8 Å². The Morgan fingerprint density at radius 1 is 0.958 bits per heavy atom. The van der Waals surface area contributed by atoms with Crippen molar-refractivity contribution in [2.45, 2.75) is 26.7 Å². The second-order valence-corrected chi connectivity index (χ2v) is 5.14. The molecule has 5 amide bonds. The third-order valence-corrected chi connectivity index (χ3v) is 3.17. The minimum atomic E-state index is -0.507. The quantitative estimate of drug-likeness (QED) is 0.594. The SMILES string of the molecule is CCCNC(=O)NNC(=O)c1ccccc1N(C)C(=O)NCCC. The summed E-state index contributed by atoms with van der Waals surface area (Å²) in [6.45, 7) is 4.95. The maximum Gasteiger partial charge on any atom is 0.333 e. The molecule has 0 aliphatic rings. The molecule has 0 aromatic heterocycles. The molecule has 0 fully saturated rings. The lowest BCUT2D eigenvalue weighted by atomic mass is 10.1. The van der Waals surface area contributed by atoms with E-state index in [-0.39, 0.29) is 11.6 Å². The fraction of sp³-hybridized carbons (Fsp3) is 0.438. The average molecular weight is 335 g/mol. The highest BCUT2D eigenvalue weighted by atomic mass is 16.2. The fourth-order valence-corrected chi connectivity index (χ4v) is 1.88. The molecule has 1 rings (SSSR count). The third kappa shape index (κ3) is 5.79. The Morgan fingerprint density at radius 2 is 1.58 bits per heavy atom. The van der Waals surface area contributed by atoms with Crippen LogP contribution in [0.3, 0.4) is 0 Å². The summed E-state index contributed by atoms with van der Waals surface area (Å²) < 4.78 is 0. The van der Waals surface area contributed by atoms with Gasteiger partial charge in [-0.15, -0.1) is 0 Å². The summed E-state index contributed by atoms with van der Waals surface area (Å²) in [5.41, 5.74) is 5.33. The van der Waals surface area contributed by atoms with Gasteiger partial charge in [0, 0.05) is 20.1 Å². The van der Waals surface area contributed by atoms with Gasteiger partial charge < -0.3 is 10.6 Å². The summed E-state index contributed by atoms with van der Waals surface area (Å²) >= 11 is 0. The van der Waals surface area contributed by atoms with Crippen LogP contribution in [0.15, 0.2) is 24.3 Å². The molecule has 4 N–H and O–H groups in total. The summed E-state index contributed by atoms with van der Waals surface area (Å²) in [5, 5.41) is 5.32. The number of anilines is 1. The molecule has 1 aromatic carbocycles. The molecule has 0 aliphatic carbocycles. The van der Waals surface area contributed by atoms with E-state index in [0.717, 1.165) is 12.8 Å². The zero-order valence-electron chi connectivity index (χ0n) is 14.3. The Balaban J connectivity index is 2.76. The molecule has 132 valence electrons. The van der Waals surface area contributed by atoms with Crippen LogP contribution in [0.4, 0.5) is 15.3 Å². The Bertz CT molecular complexity index is 577. The van der Waals surface area contributed by atoms with Gasteiger partial charge in [0.1, 0.15) is 0 Å². The van der Waals surface area contributed by atoms with Gasteiger partial charge in [0.15, 0.2) is 0 Å². The summed E-state index contributed by atoms with van der Waals surface area (Å²) in [6.07, 6.45) is 1.61. The fourth-order valence-electron chi connectivity index (χ4n) is 1.88. The van der Waals surface area contributed by atoms with Crippen molar-refractivity contribution in [1.29, 1.82) is 0 Å². The van der Waals surface area contributed by atoms with Crippen LogP contribution in [0.5, 0.6) is 0 Å². The molecule has 0 radical (unpaired) electrons. The second kappa shape index (κ2) is 10.1. The molecular weight excluding hydrogens is 310 g/mol. The molecule has 0 spiro atoms. The predicted molar refractivity (Wildman–Crippen MR) is 92.8 cm³/mol. The van der Waals surface area contributed by atoms with Gasteiger partial charge in [-0.05, 0) is 25.0 Å². The van der Waals surface area contributed by atoms with Crippen LogP contribution in [-0.2, 0) is 0 Å². The predicted octanol–water partition coefficient (Wildman–Crippen LogP) is 1.60. The van der Waals surface area contributed by atoms with Crippen LogP contribution in [0.1, 0.15) is 37.0 Å². The van der Waals surface area contributed by atoms with Crippen molar-refractivity contribution in [2.75, 3.05) is 25.0 Å². The number of urea groups is 2. The molecule has 8 nitrogen and oxygen atoms in total. The number of nitrogens with one attached hydrogen (secondary N) is 4. The van der Waals surface area contributed by atoms with Gasteiger partial charge in [-0.3, -0.25) is 15.1 Å². The molecule has 0 bridgehead atoms.